The minimum absolute atomic E-state index is 0.0457. The summed E-state index contributed by atoms with van der Waals surface area (Å²) in [5.74, 6) is 0.897. The van der Waals surface area contributed by atoms with Crippen LogP contribution in [0.3, 0.4) is 0 Å². The number of amides is 1. The molecule has 1 aliphatic rings. The Balaban J connectivity index is 1.54. The van der Waals surface area contributed by atoms with Crippen LogP contribution in [0.25, 0.3) is 6.08 Å². The van der Waals surface area contributed by atoms with E-state index in [1.807, 2.05) is 47.4 Å². The van der Waals surface area contributed by atoms with Crippen molar-refractivity contribution in [2.24, 2.45) is 0 Å². The second-order valence-electron chi connectivity index (χ2n) is 5.90. The molecule has 0 spiro atoms. The number of hydrogen-bond donors (Lipinski definition) is 0. The first-order valence-corrected chi connectivity index (χ1v) is 8.65. The number of nitrogens with zero attached hydrogens (tertiary/aromatic N) is 2. The molecule has 1 saturated heterocycles. The number of ether oxygens (including phenoxy) is 1. The van der Waals surface area contributed by atoms with E-state index in [1.165, 1.54) is 0 Å². The quantitative estimate of drug-likeness (QED) is 0.783. The molecular formula is C20H21ClN2O2. The average Bonchev–Trinajstić information content (AvgIpc) is 2.67. The largest absolute Gasteiger partial charge is 0.497 e. The maximum absolute atomic E-state index is 12.3. The highest BCUT2D eigenvalue weighted by molar-refractivity contribution is 6.30. The number of anilines is 1. The second kappa shape index (κ2) is 8.08. The van der Waals surface area contributed by atoms with E-state index < -0.39 is 0 Å². The molecule has 0 saturated carbocycles. The fourth-order valence-electron chi connectivity index (χ4n) is 2.82. The van der Waals surface area contributed by atoms with Gasteiger partial charge in [0.2, 0.25) is 5.91 Å². The molecule has 1 heterocycles. The molecule has 1 fully saturated rings. The molecule has 0 unspecified atom stereocenters. The number of rotatable bonds is 4. The van der Waals surface area contributed by atoms with Crippen molar-refractivity contribution >= 4 is 29.3 Å². The molecule has 2 aromatic carbocycles. The fourth-order valence-corrected chi connectivity index (χ4v) is 2.95. The van der Waals surface area contributed by atoms with Crippen LogP contribution in [0.15, 0.2) is 54.6 Å². The monoisotopic (exact) mass is 356 g/mol. The Labute approximate surface area is 153 Å². The molecule has 3 rings (SSSR count). The van der Waals surface area contributed by atoms with Gasteiger partial charge in [0.05, 0.1) is 7.11 Å². The third kappa shape index (κ3) is 4.54. The Morgan fingerprint density at radius 3 is 2.24 bits per heavy atom. The molecule has 0 aliphatic carbocycles. The summed E-state index contributed by atoms with van der Waals surface area (Å²) in [6.07, 6.45) is 3.46. The van der Waals surface area contributed by atoms with Crippen LogP contribution in [-0.2, 0) is 4.79 Å². The van der Waals surface area contributed by atoms with Crippen molar-refractivity contribution in [3.8, 4) is 5.75 Å². The lowest BCUT2D eigenvalue weighted by atomic mass is 10.2. The highest BCUT2D eigenvalue weighted by atomic mass is 35.5. The van der Waals surface area contributed by atoms with Gasteiger partial charge >= 0.3 is 0 Å². The van der Waals surface area contributed by atoms with Crippen molar-refractivity contribution in [3.05, 3.63) is 65.2 Å². The third-order valence-corrected chi connectivity index (χ3v) is 4.57. The normalized spacial score (nSPS) is 14.8. The van der Waals surface area contributed by atoms with Crippen molar-refractivity contribution in [1.29, 1.82) is 0 Å². The van der Waals surface area contributed by atoms with E-state index in [1.54, 1.807) is 13.2 Å². The smallest absolute Gasteiger partial charge is 0.246 e. The summed E-state index contributed by atoms with van der Waals surface area (Å²) in [6.45, 7) is 3.09. The van der Waals surface area contributed by atoms with E-state index in [2.05, 4.69) is 17.0 Å². The summed E-state index contributed by atoms with van der Waals surface area (Å²) in [7, 11) is 1.66. The van der Waals surface area contributed by atoms with Crippen molar-refractivity contribution in [2.45, 2.75) is 0 Å². The average molecular weight is 357 g/mol. The maximum Gasteiger partial charge on any atom is 0.246 e. The zero-order chi connectivity index (χ0) is 17.6. The first-order valence-electron chi connectivity index (χ1n) is 8.27. The van der Waals surface area contributed by atoms with Gasteiger partial charge in [-0.1, -0.05) is 23.7 Å². The minimum atomic E-state index is 0.0457. The standard InChI is InChI=1S/C20H21ClN2O2/c1-25-19-9-7-18(8-10-19)22-12-14-23(15-13-22)20(24)11-4-16-2-5-17(21)6-3-16/h2-11H,12-15H2,1H3. The van der Waals surface area contributed by atoms with Crippen LogP contribution in [0.2, 0.25) is 5.02 Å². The topological polar surface area (TPSA) is 32.8 Å². The van der Waals surface area contributed by atoms with Crippen LogP contribution in [-0.4, -0.2) is 44.1 Å². The molecule has 130 valence electrons. The van der Waals surface area contributed by atoms with E-state index in [9.17, 15) is 4.79 Å². The molecule has 4 nitrogen and oxygen atoms in total. The first-order chi connectivity index (χ1) is 12.2. The number of carbonyl (C=O) groups excluding carboxylic acids is 1. The van der Waals surface area contributed by atoms with Crippen LogP contribution in [0.5, 0.6) is 5.75 Å². The lowest BCUT2D eigenvalue weighted by Crippen LogP contribution is -2.48. The summed E-state index contributed by atoms with van der Waals surface area (Å²) in [4.78, 5) is 16.5. The molecule has 1 aliphatic heterocycles. The van der Waals surface area contributed by atoms with Crippen molar-refractivity contribution in [3.63, 3.8) is 0 Å². The third-order valence-electron chi connectivity index (χ3n) is 4.32. The summed E-state index contributed by atoms with van der Waals surface area (Å²) in [5.41, 5.74) is 2.12. The van der Waals surface area contributed by atoms with Crippen molar-refractivity contribution < 1.29 is 9.53 Å². The highest BCUT2D eigenvalue weighted by Crippen LogP contribution is 2.20. The van der Waals surface area contributed by atoms with E-state index in [0.29, 0.717) is 5.02 Å². The summed E-state index contributed by atoms with van der Waals surface area (Å²) < 4.78 is 5.19. The molecule has 0 atom stereocenters. The molecular weight excluding hydrogens is 336 g/mol. The minimum Gasteiger partial charge on any atom is -0.497 e. The van der Waals surface area contributed by atoms with Crippen LogP contribution < -0.4 is 9.64 Å². The molecule has 2 aromatic rings. The SMILES string of the molecule is COc1ccc(N2CCN(C(=O)C=Cc3ccc(Cl)cc3)CC2)cc1. The van der Waals surface area contributed by atoms with Crippen LogP contribution >= 0.6 is 11.6 Å². The molecule has 0 aromatic heterocycles. The van der Waals surface area contributed by atoms with Gasteiger partial charge in [-0.05, 0) is 48.0 Å². The fraction of sp³-hybridized carbons (Fsp3) is 0.250. The zero-order valence-electron chi connectivity index (χ0n) is 14.2. The van der Waals surface area contributed by atoms with Gasteiger partial charge < -0.3 is 14.5 Å². The maximum atomic E-state index is 12.3. The molecule has 0 radical (unpaired) electrons. The van der Waals surface area contributed by atoms with Gasteiger partial charge in [0, 0.05) is 43.0 Å². The zero-order valence-corrected chi connectivity index (χ0v) is 14.9. The van der Waals surface area contributed by atoms with Gasteiger partial charge in [0.25, 0.3) is 0 Å². The molecule has 25 heavy (non-hydrogen) atoms. The predicted molar refractivity (Wildman–Crippen MR) is 102 cm³/mol. The van der Waals surface area contributed by atoms with E-state index >= 15 is 0 Å². The Bertz CT molecular complexity index is 733. The van der Waals surface area contributed by atoms with Gasteiger partial charge in [0.15, 0.2) is 0 Å². The van der Waals surface area contributed by atoms with Gasteiger partial charge in [-0.2, -0.15) is 0 Å². The lowest BCUT2D eigenvalue weighted by Gasteiger charge is -2.35. The first kappa shape index (κ1) is 17.4. The summed E-state index contributed by atoms with van der Waals surface area (Å²) in [6, 6.07) is 15.5. The van der Waals surface area contributed by atoms with Crippen LogP contribution in [0.4, 0.5) is 5.69 Å². The number of piperazine rings is 1. The molecule has 0 N–H and O–H groups in total. The number of carbonyl (C=O) groups is 1. The Morgan fingerprint density at radius 2 is 1.64 bits per heavy atom. The van der Waals surface area contributed by atoms with Crippen molar-refractivity contribution in [1.82, 2.24) is 4.90 Å². The second-order valence-corrected chi connectivity index (χ2v) is 6.33. The van der Waals surface area contributed by atoms with Gasteiger partial charge in [0.1, 0.15) is 5.75 Å². The van der Waals surface area contributed by atoms with Crippen LogP contribution in [0.1, 0.15) is 5.56 Å². The van der Waals surface area contributed by atoms with E-state index in [0.717, 1.165) is 43.2 Å². The number of benzene rings is 2. The molecule has 5 heteroatoms. The van der Waals surface area contributed by atoms with Crippen molar-refractivity contribution in [2.75, 3.05) is 38.2 Å². The van der Waals surface area contributed by atoms with Gasteiger partial charge in [-0.3, -0.25) is 4.79 Å². The van der Waals surface area contributed by atoms with Gasteiger partial charge in [-0.25, -0.2) is 0 Å². The summed E-state index contributed by atoms with van der Waals surface area (Å²) >= 11 is 5.87. The Morgan fingerprint density at radius 1 is 1.00 bits per heavy atom. The number of methoxy groups -OCH3 is 1. The van der Waals surface area contributed by atoms with Gasteiger partial charge in [-0.15, -0.1) is 0 Å². The Kier molecular flexibility index (Phi) is 5.61. The Hall–Kier alpha value is -2.46. The van der Waals surface area contributed by atoms with E-state index in [-0.39, 0.29) is 5.91 Å². The summed E-state index contributed by atoms with van der Waals surface area (Å²) in [5, 5.41) is 0.693. The highest BCUT2D eigenvalue weighted by Gasteiger charge is 2.19. The molecule has 1 amide bonds. The number of hydrogen-bond acceptors (Lipinski definition) is 3. The van der Waals surface area contributed by atoms with E-state index in [4.69, 9.17) is 16.3 Å². The molecule has 0 bridgehead atoms. The lowest BCUT2D eigenvalue weighted by molar-refractivity contribution is -0.126. The number of halogens is 1. The predicted octanol–water partition coefficient (Wildman–Crippen LogP) is 3.71. The van der Waals surface area contributed by atoms with Crippen LogP contribution in [0, 0.1) is 0 Å².